The summed E-state index contributed by atoms with van der Waals surface area (Å²) in [4.78, 5) is 11.0. The first kappa shape index (κ1) is 12.3. The zero-order chi connectivity index (χ0) is 12.3. The van der Waals surface area contributed by atoms with Crippen molar-refractivity contribution >= 4 is 28.9 Å². The van der Waals surface area contributed by atoms with Gasteiger partial charge in [-0.25, -0.2) is 0 Å². The van der Waals surface area contributed by atoms with Crippen LogP contribution in [0.15, 0.2) is 30.5 Å². The van der Waals surface area contributed by atoms with Gasteiger partial charge >= 0.3 is 0 Å². The average molecular weight is 340 g/mol. The van der Waals surface area contributed by atoms with Gasteiger partial charge in [0.05, 0.1) is 5.56 Å². The number of carbonyl (C=O) groups is 1. The van der Waals surface area contributed by atoms with Crippen molar-refractivity contribution in [1.29, 1.82) is 0 Å². The fraction of sp³-hybridized carbons (Fsp3) is 0.231. The Bertz CT molecular complexity index is 517. The van der Waals surface area contributed by atoms with Gasteiger partial charge in [0, 0.05) is 21.9 Å². The standard InChI is InChI=1S/C13H13IN2O/c1-2-7-16-8-11(9-17)13(15-16)10-3-5-12(14)6-4-10/h3-6,8-9H,2,7H2,1H3. The van der Waals surface area contributed by atoms with Crippen LogP contribution in [0.5, 0.6) is 0 Å². The minimum Gasteiger partial charge on any atom is -0.298 e. The normalized spacial score (nSPS) is 10.5. The Morgan fingerprint density at radius 1 is 1.35 bits per heavy atom. The second-order valence-corrected chi connectivity index (χ2v) is 5.07. The molecule has 0 unspecified atom stereocenters. The third-order valence-corrected chi connectivity index (χ3v) is 3.21. The van der Waals surface area contributed by atoms with E-state index in [0.717, 1.165) is 30.5 Å². The summed E-state index contributed by atoms with van der Waals surface area (Å²) in [5.74, 6) is 0. The van der Waals surface area contributed by atoms with E-state index in [9.17, 15) is 4.79 Å². The Kier molecular flexibility index (Phi) is 3.93. The number of halogens is 1. The molecule has 0 amide bonds. The fourth-order valence-corrected chi connectivity index (χ4v) is 2.06. The Morgan fingerprint density at radius 2 is 2.06 bits per heavy atom. The highest BCUT2D eigenvalue weighted by molar-refractivity contribution is 14.1. The van der Waals surface area contributed by atoms with Crippen molar-refractivity contribution in [3.8, 4) is 11.3 Å². The van der Waals surface area contributed by atoms with E-state index in [1.807, 2.05) is 35.1 Å². The van der Waals surface area contributed by atoms with Crippen LogP contribution in [0.3, 0.4) is 0 Å². The molecule has 0 fully saturated rings. The highest BCUT2D eigenvalue weighted by atomic mass is 127. The molecule has 2 rings (SSSR count). The number of hydrogen-bond donors (Lipinski definition) is 0. The van der Waals surface area contributed by atoms with Crippen LogP contribution >= 0.6 is 22.6 Å². The van der Waals surface area contributed by atoms with Gasteiger partial charge in [-0.05, 0) is 41.1 Å². The van der Waals surface area contributed by atoms with Gasteiger partial charge in [0.1, 0.15) is 5.69 Å². The topological polar surface area (TPSA) is 34.9 Å². The van der Waals surface area contributed by atoms with Gasteiger partial charge in [-0.15, -0.1) is 0 Å². The van der Waals surface area contributed by atoms with Gasteiger partial charge in [0.2, 0.25) is 0 Å². The van der Waals surface area contributed by atoms with Gasteiger partial charge in [-0.3, -0.25) is 9.48 Å². The van der Waals surface area contributed by atoms with E-state index in [1.54, 1.807) is 0 Å². The Morgan fingerprint density at radius 3 is 2.65 bits per heavy atom. The molecule has 0 atom stereocenters. The summed E-state index contributed by atoms with van der Waals surface area (Å²) in [5.41, 5.74) is 2.41. The van der Waals surface area contributed by atoms with E-state index in [0.29, 0.717) is 5.56 Å². The molecular formula is C13H13IN2O. The van der Waals surface area contributed by atoms with Crippen LogP contribution in [0.2, 0.25) is 0 Å². The number of benzene rings is 1. The lowest BCUT2D eigenvalue weighted by Gasteiger charge is -1.99. The first-order chi connectivity index (χ1) is 8.24. The summed E-state index contributed by atoms with van der Waals surface area (Å²) < 4.78 is 3.00. The van der Waals surface area contributed by atoms with Crippen LogP contribution in [0.25, 0.3) is 11.3 Å². The van der Waals surface area contributed by atoms with E-state index in [1.165, 1.54) is 3.57 Å². The molecule has 0 bridgehead atoms. The van der Waals surface area contributed by atoms with Crippen LogP contribution in [0, 0.1) is 3.57 Å². The molecular weight excluding hydrogens is 327 g/mol. The molecule has 0 saturated heterocycles. The molecule has 1 aromatic heterocycles. The number of nitrogens with zero attached hydrogens (tertiary/aromatic N) is 2. The number of aryl methyl sites for hydroxylation is 1. The lowest BCUT2D eigenvalue weighted by molar-refractivity contribution is 0.112. The quantitative estimate of drug-likeness (QED) is 0.632. The second kappa shape index (κ2) is 5.44. The van der Waals surface area contributed by atoms with E-state index >= 15 is 0 Å². The first-order valence-electron chi connectivity index (χ1n) is 5.53. The summed E-state index contributed by atoms with van der Waals surface area (Å²) in [7, 11) is 0. The monoisotopic (exact) mass is 340 g/mol. The molecule has 0 spiro atoms. The molecule has 0 saturated carbocycles. The Balaban J connectivity index is 2.42. The molecule has 88 valence electrons. The van der Waals surface area contributed by atoms with Crippen LogP contribution in [-0.2, 0) is 6.54 Å². The number of aromatic nitrogens is 2. The molecule has 17 heavy (non-hydrogen) atoms. The van der Waals surface area contributed by atoms with Crippen LogP contribution in [0.1, 0.15) is 23.7 Å². The molecule has 0 aliphatic heterocycles. The fourth-order valence-electron chi connectivity index (χ4n) is 1.70. The summed E-state index contributed by atoms with van der Waals surface area (Å²) >= 11 is 2.26. The molecule has 0 aliphatic carbocycles. The highest BCUT2D eigenvalue weighted by Crippen LogP contribution is 2.22. The van der Waals surface area contributed by atoms with Crippen molar-refractivity contribution in [3.63, 3.8) is 0 Å². The summed E-state index contributed by atoms with van der Waals surface area (Å²) in [5, 5.41) is 4.45. The van der Waals surface area contributed by atoms with Crippen molar-refractivity contribution < 1.29 is 4.79 Å². The van der Waals surface area contributed by atoms with Gasteiger partial charge in [0.25, 0.3) is 0 Å². The van der Waals surface area contributed by atoms with Crippen molar-refractivity contribution in [2.24, 2.45) is 0 Å². The predicted octanol–water partition coefficient (Wildman–Crippen LogP) is 3.38. The number of aldehydes is 1. The molecule has 0 aliphatic rings. The van der Waals surface area contributed by atoms with Crippen LogP contribution < -0.4 is 0 Å². The Hall–Kier alpha value is -1.17. The third-order valence-electron chi connectivity index (χ3n) is 2.49. The van der Waals surface area contributed by atoms with Crippen LogP contribution in [-0.4, -0.2) is 16.1 Å². The average Bonchev–Trinajstić information content (AvgIpc) is 2.74. The smallest absolute Gasteiger partial charge is 0.153 e. The molecule has 2 aromatic rings. The number of carbonyl (C=O) groups excluding carboxylic acids is 1. The van der Waals surface area contributed by atoms with E-state index in [2.05, 4.69) is 34.6 Å². The van der Waals surface area contributed by atoms with E-state index in [4.69, 9.17) is 0 Å². The lowest BCUT2D eigenvalue weighted by atomic mass is 10.1. The van der Waals surface area contributed by atoms with Gasteiger partial charge in [-0.2, -0.15) is 5.10 Å². The molecule has 0 radical (unpaired) electrons. The molecule has 4 heteroatoms. The van der Waals surface area contributed by atoms with Crippen molar-refractivity contribution in [2.75, 3.05) is 0 Å². The van der Waals surface area contributed by atoms with Gasteiger partial charge < -0.3 is 0 Å². The van der Waals surface area contributed by atoms with Crippen molar-refractivity contribution in [2.45, 2.75) is 19.9 Å². The SMILES string of the molecule is CCCn1cc(C=O)c(-c2ccc(I)cc2)n1. The highest BCUT2D eigenvalue weighted by Gasteiger charge is 2.09. The molecule has 1 aromatic carbocycles. The van der Waals surface area contributed by atoms with E-state index in [-0.39, 0.29) is 0 Å². The maximum Gasteiger partial charge on any atom is 0.153 e. The summed E-state index contributed by atoms with van der Waals surface area (Å²) in [6.45, 7) is 2.93. The second-order valence-electron chi connectivity index (χ2n) is 3.82. The summed E-state index contributed by atoms with van der Waals surface area (Å²) in [6, 6.07) is 8.02. The number of hydrogen-bond acceptors (Lipinski definition) is 2. The van der Waals surface area contributed by atoms with Crippen molar-refractivity contribution in [1.82, 2.24) is 9.78 Å². The zero-order valence-electron chi connectivity index (χ0n) is 9.56. The first-order valence-corrected chi connectivity index (χ1v) is 6.61. The van der Waals surface area contributed by atoms with Gasteiger partial charge in [-0.1, -0.05) is 19.1 Å². The summed E-state index contributed by atoms with van der Waals surface area (Å²) in [6.07, 6.45) is 3.68. The van der Waals surface area contributed by atoms with E-state index < -0.39 is 0 Å². The van der Waals surface area contributed by atoms with Crippen LogP contribution in [0.4, 0.5) is 0 Å². The molecule has 1 heterocycles. The number of rotatable bonds is 4. The third kappa shape index (κ3) is 2.74. The van der Waals surface area contributed by atoms with Crippen molar-refractivity contribution in [3.05, 3.63) is 39.6 Å². The largest absolute Gasteiger partial charge is 0.298 e. The zero-order valence-corrected chi connectivity index (χ0v) is 11.7. The lowest BCUT2D eigenvalue weighted by Crippen LogP contribution is -1.96. The maximum atomic E-state index is 11.0. The molecule has 3 nitrogen and oxygen atoms in total. The minimum atomic E-state index is 0.652. The maximum absolute atomic E-state index is 11.0. The molecule has 0 N–H and O–H groups in total. The van der Waals surface area contributed by atoms with Gasteiger partial charge in [0.15, 0.2) is 6.29 Å². The minimum absolute atomic E-state index is 0.652. The Labute approximate surface area is 114 Å². The predicted molar refractivity (Wildman–Crippen MR) is 76.1 cm³/mol.